The van der Waals surface area contributed by atoms with Crippen molar-refractivity contribution in [3.05, 3.63) is 20.3 Å². The number of aliphatic hydroxyl groups excluding tert-OH is 1. The number of thiophene rings is 1. The van der Waals surface area contributed by atoms with Crippen molar-refractivity contribution in [3.8, 4) is 0 Å². The van der Waals surface area contributed by atoms with Crippen molar-refractivity contribution in [1.29, 1.82) is 0 Å². The molecule has 0 radical (unpaired) electrons. The van der Waals surface area contributed by atoms with Gasteiger partial charge in [0.25, 0.3) is 5.91 Å². The number of hydrogen-bond acceptors (Lipinski definition) is 3. The molecule has 102 valence electrons. The first-order valence-electron chi connectivity index (χ1n) is 5.82. The third-order valence-corrected chi connectivity index (χ3v) is 4.85. The van der Waals surface area contributed by atoms with Gasteiger partial charge in [0.1, 0.15) is 4.34 Å². The highest BCUT2D eigenvalue weighted by molar-refractivity contribution is 7.20. The summed E-state index contributed by atoms with van der Waals surface area (Å²) < 4.78 is 0.879. The molecular weight excluding hydrogens is 293 g/mol. The van der Waals surface area contributed by atoms with Gasteiger partial charge in [-0.2, -0.15) is 0 Å². The number of aliphatic hydroxyl groups is 1. The number of halogens is 2. The summed E-state index contributed by atoms with van der Waals surface area (Å²) in [4.78, 5) is 11.9. The van der Waals surface area contributed by atoms with E-state index in [0.29, 0.717) is 20.8 Å². The Morgan fingerprint density at radius 3 is 2.44 bits per heavy atom. The Morgan fingerprint density at radius 2 is 2.06 bits per heavy atom. The average molecular weight is 310 g/mol. The number of rotatable bonds is 6. The minimum absolute atomic E-state index is 0.0540. The molecule has 0 saturated heterocycles. The predicted octanol–water partition coefficient (Wildman–Crippen LogP) is 3.58. The lowest BCUT2D eigenvalue weighted by Crippen LogP contribution is -2.39. The Kier molecular flexibility index (Phi) is 5.92. The molecule has 1 amide bonds. The first kappa shape index (κ1) is 15.8. The van der Waals surface area contributed by atoms with E-state index >= 15 is 0 Å². The van der Waals surface area contributed by atoms with Crippen LogP contribution >= 0.6 is 34.5 Å². The lowest BCUT2D eigenvalue weighted by atomic mass is 9.83. The number of amides is 1. The summed E-state index contributed by atoms with van der Waals surface area (Å²) in [6, 6.07) is 1.56. The van der Waals surface area contributed by atoms with Crippen LogP contribution in [0.5, 0.6) is 0 Å². The fraction of sp³-hybridized carbons (Fsp3) is 0.583. The predicted molar refractivity (Wildman–Crippen MR) is 76.8 cm³/mol. The molecule has 3 nitrogen and oxygen atoms in total. The zero-order chi connectivity index (χ0) is 13.8. The maximum absolute atomic E-state index is 11.9. The van der Waals surface area contributed by atoms with Gasteiger partial charge in [-0.05, 0) is 18.9 Å². The molecule has 0 fully saturated rings. The van der Waals surface area contributed by atoms with Crippen molar-refractivity contribution >= 4 is 40.4 Å². The maximum atomic E-state index is 11.9. The van der Waals surface area contributed by atoms with Crippen LogP contribution in [-0.2, 0) is 0 Å². The Morgan fingerprint density at radius 1 is 1.44 bits per heavy atom. The summed E-state index contributed by atoms with van der Waals surface area (Å²) in [6.07, 6.45) is 1.61. The lowest BCUT2D eigenvalue weighted by molar-refractivity contribution is 0.0851. The van der Waals surface area contributed by atoms with Crippen molar-refractivity contribution in [3.63, 3.8) is 0 Å². The first-order valence-corrected chi connectivity index (χ1v) is 7.39. The molecule has 0 spiro atoms. The molecule has 2 N–H and O–H groups in total. The topological polar surface area (TPSA) is 49.3 Å². The number of carbonyl (C=O) groups excluding carboxylic acids is 1. The molecule has 18 heavy (non-hydrogen) atoms. The number of carbonyl (C=O) groups is 1. The molecule has 0 aliphatic heterocycles. The van der Waals surface area contributed by atoms with Crippen molar-refractivity contribution in [1.82, 2.24) is 5.32 Å². The summed E-state index contributed by atoms with van der Waals surface area (Å²) in [5.74, 6) is -0.247. The minimum Gasteiger partial charge on any atom is -0.396 e. The standard InChI is InChI=1S/C12H17Cl2NO2S/c1-3-12(4-2,7-16)6-15-11(17)8-5-9(13)18-10(8)14/h5,16H,3-4,6-7H2,1-2H3,(H,15,17). The van der Waals surface area contributed by atoms with Gasteiger partial charge >= 0.3 is 0 Å². The molecule has 1 heterocycles. The Labute approximate surface area is 121 Å². The molecule has 1 rings (SSSR count). The molecule has 0 aromatic carbocycles. The molecule has 0 saturated carbocycles. The quantitative estimate of drug-likeness (QED) is 0.843. The van der Waals surface area contributed by atoms with E-state index in [9.17, 15) is 9.90 Å². The smallest absolute Gasteiger partial charge is 0.253 e. The van der Waals surface area contributed by atoms with Gasteiger partial charge in [0.2, 0.25) is 0 Å². The van der Waals surface area contributed by atoms with E-state index in [1.807, 2.05) is 13.8 Å². The van der Waals surface area contributed by atoms with Gasteiger partial charge in [-0.3, -0.25) is 4.79 Å². The van der Waals surface area contributed by atoms with E-state index in [2.05, 4.69) is 5.32 Å². The molecule has 1 aromatic heterocycles. The van der Waals surface area contributed by atoms with E-state index in [4.69, 9.17) is 23.2 Å². The van der Waals surface area contributed by atoms with Gasteiger partial charge in [-0.15, -0.1) is 11.3 Å². The van der Waals surface area contributed by atoms with Gasteiger partial charge in [0.15, 0.2) is 0 Å². The second kappa shape index (κ2) is 6.75. The van der Waals surface area contributed by atoms with E-state index in [0.717, 1.165) is 12.8 Å². The molecule has 0 unspecified atom stereocenters. The summed E-state index contributed by atoms with van der Waals surface area (Å²) >= 11 is 12.9. The lowest BCUT2D eigenvalue weighted by Gasteiger charge is -2.29. The van der Waals surface area contributed by atoms with Crippen molar-refractivity contribution in [2.45, 2.75) is 26.7 Å². The van der Waals surface area contributed by atoms with Crippen LogP contribution in [0.15, 0.2) is 6.07 Å². The molecule has 1 aromatic rings. The van der Waals surface area contributed by atoms with Crippen LogP contribution in [0, 0.1) is 5.41 Å². The van der Waals surface area contributed by atoms with E-state index in [-0.39, 0.29) is 17.9 Å². The van der Waals surface area contributed by atoms with Crippen LogP contribution in [-0.4, -0.2) is 24.2 Å². The Hall–Kier alpha value is -0.290. The van der Waals surface area contributed by atoms with Crippen LogP contribution in [0.25, 0.3) is 0 Å². The highest BCUT2D eigenvalue weighted by Gasteiger charge is 2.26. The zero-order valence-corrected chi connectivity index (χ0v) is 12.8. The van der Waals surface area contributed by atoms with Gasteiger partial charge in [0.05, 0.1) is 16.5 Å². The van der Waals surface area contributed by atoms with Crippen molar-refractivity contribution in [2.75, 3.05) is 13.2 Å². The van der Waals surface area contributed by atoms with Crippen LogP contribution in [0.2, 0.25) is 8.67 Å². The monoisotopic (exact) mass is 309 g/mol. The summed E-state index contributed by atoms with van der Waals surface area (Å²) in [7, 11) is 0. The third-order valence-electron chi connectivity index (χ3n) is 3.36. The SMILES string of the molecule is CCC(CC)(CO)CNC(=O)c1cc(Cl)sc1Cl. The summed E-state index contributed by atoms with van der Waals surface area (Å²) in [5, 5.41) is 12.2. The minimum atomic E-state index is -0.262. The molecule has 0 atom stereocenters. The number of hydrogen-bond donors (Lipinski definition) is 2. The second-order valence-corrected chi connectivity index (χ2v) is 6.57. The van der Waals surface area contributed by atoms with E-state index < -0.39 is 0 Å². The Balaban J connectivity index is 2.69. The molecule has 0 bridgehead atoms. The van der Waals surface area contributed by atoms with Crippen LogP contribution in [0.1, 0.15) is 37.0 Å². The first-order chi connectivity index (χ1) is 8.48. The van der Waals surface area contributed by atoms with Crippen molar-refractivity contribution in [2.24, 2.45) is 5.41 Å². The van der Waals surface area contributed by atoms with Gasteiger partial charge in [0, 0.05) is 12.0 Å². The molecule has 0 aliphatic carbocycles. The van der Waals surface area contributed by atoms with E-state index in [1.165, 1.54) is 11.3 Å². The number of nitrogens with one attached hydrogen (secondary N) is 1. The third kappa shape index (κ3) is 3.60. The normalized spacial score (nSPS) is 11.6. The maximum Gasteiger partial charge on any atom is 0.253 e. The van der Waals surface area contributed by atoms with Crippen molar-refractivity contribution < 1.29 is 9.90 Å². The average Bonchev–Trinajstić information content (AvgIpc) is 2.70. The second-order valence-electron chi connectivity index (χ2n) is 4.29. The van der Waals surface area contributed by atoms with Gasteiger partial charge in [-0.25, -0.2) is 0 Å². The molecule has 0 aliphatic rings. The van der Waals surface area contributed by atoms with Crippen LogP contribution in [0.3, 0.4) is 0 Å². The largest absolute Gasteiger partial charge is 0.396 e. The highest BCUT2D eigenvalue weighted by Crippen LogP contribution is 2.31. The van der Waals surface area contributed by atoms with Crippen LogP contribution < -0.4 is 5.32 Å². The molecule has 6 heteroatoms. The molecular formula is C12H17Cl2NO2S. The highest BCUT2D eigenvalue weighted by atomic mass is 35.5. The van der Waals surface area contributed by atoms with E-state index in [1.54, 1.807) is 6.07 Å². The van der Waals surface area contributed by atoms with Crippen LogP contribution in [0.4, 0.5) is 0 Å². The van der Waals surface area contributed by atoms with Gasteiger partial charge < -0.3 is 10.4 Å². The fourth-order valence-electron chi connectivity index (χ4n) is 1.64. The summed E-state index contributed by atoms with van der Waals surface area (Å²) in [6.45, 7) is 4.48. The van der Waals surface area contributed by atoms with Gasteiger partial charge in [-0.1, -0.05) is 37.0 Å². The zero-order valence-electron chi connectivity index (χ0n) is 10.4. The Bertz CT molecular complexity index is 408. The fourth-order valence-corrected chi connectivity index (χ4v) is 3.10. The summed E-state index contributed by atoms with van der Waals surface area (Å²) in [5.41, 5.74) is 0.132.